The lowest BCUT2D eigenvalue weighted by molar-refractivity contribution is -0.138. The van der Waals surface area contributed by atoms with Gasteiger partial charge in [-0.15, -0.1) is 16.5 Å². The minimum atomic E-state index is -0.848. The van der Waals surface area contributed by atoms with Gasteiger partial charge in [-0.25, -0.2) is 10.3 Å². The first kappa shape index (κ1) is 12.7. The summed E-state index contributed by atoms with van der Waals surface area (Å²) in [6.45, 7) is 1.76. The molecule has 1 rings (SSSR count). The maximum Gasteiger partial charge on any atom is 0.362 e. The summed E-state index contributed by atoms with van der Waals surface area (Å²) in [6.07, 6.45) is 0. The zero-order valence-corrected chi connectivity index (χ0v) is 9.93. The second-order valence-corrected chi connectivity index (χ2v) is 3.95. The van der Waals surface area contributed by atoms with Crippen LogP contribution in [0.4, 0.5) is 0 Å². The van der Waals surface area contributed by atoms with Crippen LogP contribution in [0.3, 0.4) is 0 Å². The quantitative estimate of drug-likeness (QED) is 0.377. The SMILES string of the molecule is CCOC(=O)C(N=N)=C(O)c1sccc1Cl. The number of carbonyl (C=O) groups is 1. The van der Waals surface area contributed by atoms with E-state index in [9.17, 15) is 9.90 Å². The Balaban J connectivity index is 3.14. The van der Waals surface area contributed by atoms with Crippen LogP contribution in [-0.2, 0) is 9.53 Å². The number of hydrogen-bond donors (Lipinski definition) is 2. The Kier molecular flexibility index (Phi) is 4.45. The van der Waals surface area contributed by atoms with E-state index in [-0.39, 0.29) is 6.61 Å². The summed E-state index contributed by atoms with van der Waals surface area (Å²) < 4.78 is 4.64. The fourth-order valence-electron chi connectivity index (χ4n) is 0.965. The van der Waals surface area contributed by atoms with Gasteiger partial charge in [0.15, 0.2) is 5.76 Å². The van der Waals surface area contributed by atoms with Crippen molar-refractivity contribution in [2.75, 3.05) is 6.61 Å². The summed E-state index contributed by atoms with van der Waals surface area (Å²) >= 11 is 6.92. The van der Waals surface area contributed by atoms with E-state index in [4.69, 9.17) is 17.1 Å². The summed E-state index contributed by atoms with van der Waals surface area (Å²) in [5.41, 5.74) is 6.39. The highest BCUT2D eigenvalue weighted by atomic mass is 35.5. The van der Waals surface area contributed by atoms with Crippen LogP contribution in [0, 0.1) is 5.53 Å². The second-order valence-electron chi connectivity index (χ2n) is 2.63. The first-order valence-electron chi connectivity index (χ1n) is 4.33. The minimum absolute atomic E-state index is 0.142. The van der Waals surface area contributed by atoms with Gasteiger partial charge in [0.1, 0.15) is 0 Å². The highest BCUT2D eigenvalue weighted by molar-refractivity contribution is 7.11. The van der Waals surface area contributed by atoms with Gasteiger partial charge in [0, 0.05) is 0 Å². The van der Waals surface area contributed by atoms with Gasteiger partial charge in [-0.2, -0.15) is 0 Å². The molecule has 7 heteroatoms. The summed E-state index contributed by atoms with van der Waals surface area (Å²) in [5.74, 6) is -1.28. The third kappa shape index (κ3) is 2.59. The van der Waals surface area contributed by atoms with Gasteiger partial charge in [0.25, 0.3) is 0 Å². The molecule has 0 amide bonds. The molecule has 0 saturated heterocycles. The summed E-state index contributed by atoms with van der Waals surface area (Å²) in [5, 5.41) is 14.6. The number of hydrogen-bond acceptors (Lipinski definition) is 6. The summed E-state index contributed by atoms with van der Waals surface area (Å²) in [6, 6.07) is 1.57. The Labute approximate surface area is 101 Å². The zero-order chi connectivity index (χ0) is 12.1. The Morgan fingerprint density at radius 3 is 2.88 bits per heavy atom. The number of aliphatic hydroxyl groups is 1. The van der Waals surface area contributed by atoms with Crippen molar-refractivity contribution in [3.8, 4) is 0 Å². The fraction of sp³-hybridized carbons (Fsp3) is 0.222. The van der Waals surface area contributed by atoms with Gasteiger partial charge in [0.05, 0.1) is 16.5 Å². The van der Waals surface area contributed by atoms with Crippen LogP contribution in [-0.4, -0.2) is 17.7 Å². The number of rotatable bonds is 4. The standard InChI is InChI=1S/C9H9ClN2O3S/c1-2-15-9(14)6(12-11)7(13)8-5(10)3-4-16-8/h3-4,11,13H,2H2,1H3. The number of nitrogens with one attached hydrogen (secondary N) is 1. The van der Waals surface area contributed by atoms with Crippen LogP contribution < -0.4 is 0 Å². The van der Waals surface area contributed by atoms with Gasteiger partial charge >= 0.3 is 5.97 Å². The van der Waals surface area contributed by atoms with E-state index >= 15 is 0 Å². The second kappa shape index (κ2) is 5.62. The van der Waals surface area contributed by atoms with Gasteiger partial charge in [-0.05, 0) is 18.4 Å². The lowest BCUT2D eigenvalue weighted by Crippen LogP contribution is -2.07. The lowest BCUT2D eigenvalue weighted by Gasteiger charge is -2.03. The molecule has 86 valence electrons. The fourth-order valence-corrected chi connectivity index (χ4v) is 2.05. The predicted octanol–water partition coefficient (Wildman–Crippen LogP) is 3.22. The van der Waals surface area contributed by atoms with Gasteiger partial charge in [-0.1, -0.05) is 11.6 Å². The van der Waals surface area contributed by atoms with Crippen molar-refractivity contribution in [1.82, 2.24) is 0 Å². The van der Waals surface area contributed by atoms with Crippen molar-refractivity contribution in [3.63, 3.8) is 0 Å². The highest BCUT2D eigenvalue weighted by Crippen LogP contribution is 2.30. The van der Waals surface area contributed by atoms with Crippen LogP contribution in [0.5, 0.6) is 0 Å². The smallest absolute Gasteiger partial charge is 0.362 e. The number of halogens is 1. The molecule has 0 atom stereocenters. The van der Waals surface area contributed by atoms with Crippen molar-refractivity contribution < 1.29 is 14.6 Å². The van der Waals surface area contributed by atoms with Crippen LogP contribution >= 0.6 is 22.9 Å². The molecule has 0 unspecified atom stereocenters. The van der Waals surface area contributed by atoms with Gasteiger partial charge in [-0.3, -0.25) is 0 Å². The van der Waals surface area contributed by atoms with E-state index in [1.807, 2.05) is 0 Å². The molecule has 0 aliphatic carbocycles. The van der Waals surface area contributed by atoms with E-state index in [2.05, 4.69) is 9.85 Å². The number of ether oxygens (including phenoxy) is 1. The average Bonchev–Trinajstić information content (AvgIpc) is 2.65. The average molecular weight is 261 g/mol. The molecule has 1 aromatic rings. The molecule has 0 spiro atoms. The number of nitrogens with zero attached hydrogens (tertiary/aromatic N) is 1. The van der Waals surface area contributed by atoms with Crippen molar-refractivity contribution >= 4 is 34.7 Å². The molecular formula is C9H9ClN2O3S. The Bertz CT molecular complexity index is 442. The van der Waals surface area contributed by atoms with Crippen LogP contribution in [0.2, 0.25) is 5.02 Å². The highest BCUT2D eigenvalue weighted by Gasteiger charge is 2.20. The zero-order valence-electron chi connectivity index (χ0n) is 8.36. The van der Waals surface area contributed by atoms with E-state index in [1.165, 1.54) is 0 Å². The number of carbonyl (C=O) groups excluding carboxylic acids is 1. The third-order valence-electron chi connectivity index (χ3n) is 1.64. The van der Waals surface area contributed by atoms with Crippen LogP contribution in [0.1, 0.15) is 11.8 Å². The Hall–Kier alpha value is -1.40. The molecule has 0 fully saturated rings. The Morgan fingerprint density at radius 1 is 1.75 bits per heavy atom. The molecule has 0 aliphatic heterocycles. The number of aliphatic hydroxyl groups excluding tert-OH is 1. The molecule has 1 heterocycles. The molecule has 2 N–H and O–H groups in total. The lowest BCUT2D eigenvalue weighted by atomic mass is 10.3. The van der Waals surface area contributed by atoms with Crippen molar-refractivity contribution in [2.45, 2.75) is 6.92 Å². The number of esters is 1. The molecule has 0 aromatic carbocycles. The van der Waals surface area contributed by atoms with E-state index in [0.29, 0.717) is 9.90 Å². The largest absolute Gasteiger partial charge is 0.504 e. The molecule has 16 heavy (non-hydrogen) atoms. The normalized spacial score (nSPS) is 11.9. The molecule has 0 radical (unpaired) electrons. The van der Waals surface area contributed by atoms with Crippen molar-refractivity contribution in [2.24, 2.45) is 5.11 Å². The predicted molar refractivity (Wildman–Crippen MR) is 60.7 cm³/mol. The van der Waals surface area contributed by atoms with Crippen LogP contribution in [0.25, 0.3) is 5.76 Å². The first-order valence-corrected chi connectivity index (χ1v) is 5.58. The molecular weight excluding hydrogens is 252 g/mol. The van der Waals surface area contributed by atoms with Gasteiger partial charge in [0.2, 0.25) is 5.70 Å². The third-order valence-corrected chi connectivity index (χ3v) is 2.99. The molecule has 1 aromatic heterocycles. The minimum Gasteiger partial charge on any atom is -0.504 e. The van der Waals surface area contributed by atoms with Crippen LogP contribution in [0.15, 0.2) is 22.3 Å². The van der Waals surface area contributed by atoms with Crippen molar-refractivity contribution in [3.05, 3.63) is 27.0 Å². The first-order chi connectivity index (χ1) is 7.61. The van der Waals surface area contributed by atoms with Gasteiger partial charge < -0.3 is 9.84 Å². The topological polar surface area (TPSA) is 82.7 Å². The molecule has 0 aliphatic rings. The summed E-state index contributed by atoms with van der Waals surface area (Å²) in [4.78, 5) is 11.6. The van der Waals surface area contributed by atoms with E-state index in [0.717, 1.165) is 11.3 Å². The maximum atomic E-state index is 11.3. The van der Waals surface area contributed by atoms with E-state index < -0.39 is 17.4 Å². The Morgan fingerprint density at radius 2 is 2.44 bits per heavy atom. The summed E-state index contributed by atoms with van der Waals surface area (Å²) in [7, 11) is 0. The molecule has 5 nitrogen and oxygen atoms in total. The number of thiophene rings is 1. The molecule has 0 bridgehead atoms. The molecule has 0 saturated carbocycles. The maximum absolute atomic E-state index is 11.3. The van der Waals surface area contributed by atoms with Crippen molar-refractivity contribution in [1.29, 1.82) is 5.53 Å². The van der Waals surface area contributed by atoms with E-state index in [1.54, 1.807) is 18.4 Å². The monoisotopic (exact) mass is 260 g/mol.